The molecule has 0 aromatic heterocycles. The summed E-state index contributed by atoms with van der Waals surface area (Å²) >= 11 is 1.63. The molecule has 0 saturated carbocycles. The molecule has 1 aliphatic rings. The van der Waals surface area contributed by atoms with Gasteiger partial charge in [-0.15, -0.1) is 0 Å². The molecule has 1 aliphatic heterocycles. The lowest BCUT2D eigenvalue weighted by molar-refractivity contribution is -0.120. The minimum atomic E-state index is -0.647. The number of carbonyl (C=O) groups is 2. The first-order chi connectivity index (χ1) is 17.6. The average Bonchev–Trinajstić information content (AvgIpc) is 3.01. The number of hydrogen-bond acceptors (Lipinski definition) is 4. The van der Waals surface area contributed by atoms with E-state index < -0.39 is 6.04 Å². The summed E-state index contributed by atoms with van der Waals surface area (Å²) in [6.07, 6.45) is 0.431. The van der Waals surface area contributed by atoms with Gasteiger partial charge < -0.3 is 15.0 Å². The van der Waals surface area contributed by atoms with Crippen molar-refractivity contribution in [1.29, 1.82) is 0 Å². The molecule has 36 heavy (non-hydrogen) atoms. The molecule has 5 rings (SSSR count). The van der Waals surface area contributed by atoms with Crippen LogP contribution < -0.4 is 10.1 Å². The molecule has 2 amide bonds. The van der Waals surface area contributed by atoms with E-state index in [1.54, 1.807) is 35.9 Å². The van der Waals surface area contributed by atoms with E-state index in [1.807, 2.05) is 91.0 Å². The van der Waals surface area contributed by atoms with Crippen molar-refractivity contribution in [2.75, 3.05) is 12.4 Å². The number of fused-ring (bicyclic) bond motifs is 1. The zero-order valence-corrected chi connectivity index (χ0v) is 20.7. The summed E-state index contributed by atoms with van der Waals surface area (Å²) in [4.78, 5) is 31.1. The number of nitrogens with one attached hydrogen (secondary N) is 1. The first-order valence-corrected chi connectivity index (χ1v) is 12.6. The largest absolute Gasteiger partial charge is 0.497 e. The molecule has 5 nitrogen and oxygen atoms in total. The molecule has 0 radical (unpaired) electrons. The predicted molar refractivity (Wildman–Crippen MR) is 142 cm³/mol. The summed E-state index contributed by atoms with van der Waals surface area (Å²) in [7, 11) is 1.65. The van der Waals surface area contributed by atoms with Crippen LogP contribution in [0.25, 0.3) is 0 Å². The Hall–Kier alpha value is -4.03. The van der Waals surface area contributed by atoms with E-state index in [4.69, 9.17) is 4.74 Å². The second-order valence-electron chi connectivity index (χ2n) is 8.56. The topological polar surface area (TPSA) is 58.6 Å². The summed E-state index contributed by atoms with van der Waals surface area (Å²) in [6, 6.07) is 32.3. The third-order valence-electron chi connectivity index (χ3n) is 6.23. The Morgan fingerprint density at radius 1 is 0.833 bits per heavy atom. The zero-order chi connectivity index (χ0) is 24.9. The van der Waals surface area contributed by atoms with E-state index in [0.29, 0.717) is 24.2 Å². The van der Waals surface area contributed by atoms with E-state index in [2.05, 4.69) is 5.32 Å². The van der Waals surface area contributed by atoms with Crippen LogP contribution in [0.3, 0.4) is 0 Å². The molecule has 6 heteroatoms. The number of nitrogens with zero attached hydrogens (tertiary/aromatic N) is 1. The smallest absolute Gasteiger partial charge is 0.256 e. The van der Waals surface area contributed by atoms with Crippen molar-refractivity contribution < 1.29 is 14.3 Å². The van der Waals surface area contributed by atoms with Gasteiger partial charge in [-0.05, 0) is 53.6 Å². The van der Waals surface area contributed by atoms with Crippen LogP contribution in [0.2, 0.25) is 0 Å². The standard InChI is InChI=1S/C30H26N2O3S/c1-35-23-15-17-24(18-16-23)36-28-14-8-5-11-22(28)20-32-27(19-21-9-3-2-4-10-21)29(33)31-26-13-7-6-12-25(26)30(32)34/h2-18,27H,19-20H2,1H3,(H,31,33)/t27-/m0/s1. The van der Waals surface area contributed by atoms with Crippen LogP contribution in [0.4, 0.5) is 5.69 Å². The second kappa shape index (κ2) is 10.7. The van der Waals surface area contributed by atoms with E-state index in [0.717, 1.165) is 26.7 Å². The van der Waals surface area contributed by atoms with Crippen molar-refractivity contribution in [3.8, 4) is 5.75 Å². The van der Waals surface area contributed by atoms with E-state index in [-0.39, 0.29) is 11.8 Å². The van der Waals surface area contributed by atoms with Gasteiger partial charge in [0.15, 0.2) is 0 Å². The molecule has 0 spiro atoms. The maximum absolute atomic E-state index is 13.8. The number of hydrogen-bond donors (Lipinski definition) is 1. The highest BCUT2D eigenvalue weighted by molar-refractivity contribution is 7.99. The van der Waals surface area contributed by atoms with Crippen molar-refractivity contribution in [2.24, 2.45) is 0 Å². The van der Waals surface area contributed by atoms with Crippen LogP contribution in [-0.2, 0) is 17.8 Å². The minimum Gasteiger partial charge on any atom is -0.497 e. The van der Waals surface area contributed by atoms with Gasteiger partial charge in [-0.3, -0.25) is 9.59 Å². The number of carbonyl (C=O) groups excluding carboxylic acids is 2. The number of para-hydroxylation sites is 1. The number of ether oxygens (including phenoxy) is 1. The lowest BCUT2D eigenvalue weighted by atomic mass is 10.0. The molecule has 0 bridgehead atoms. The molecule has 4 aromatic carbocycles. The fourth-order valence-electron chi connectivity index (χ4n) is 4.34. The van der Waals surface area contributed by atoms with Gasteiger partial charge in [0.25, 0.3) is 5.91 Å². The average molecular weight is 495 g/mol. The zero-order valence-electron chi connectivity index (χ0n) is 19.9. The number of amides is 2. The number of anilines is 1. The fraction of sp³-hybridized carbons (Fsp3) is 0.133. The summed E-state index contributed by atoms with van der Waals surface area (Å²) in [6.45, 7) is 0.317. The van der Waals surface area contributed by atoms with Gasteiger partial charge in [0, 0.05) is 22.8 Å². The second-order valence-corrected chi connectivity index (χ2v) is 9.67. The van der Waals surface area contributed by atoms with Crippen LogP contribution in [-0.4, -0.2) is 29.9 Å². The molecule has 0 unspecified atom stereocenters. The van der Waals surface area contributed by atoms with Crippen molar-refractivity contribution in [3.63, 3.8) is 0 Å². The molecular weight excluding hydrogens is 468 g/mol. The first kappa shape index (κ1) is 23.7. The minimum absolute atomic E-state index is 0.158. The fourth-order valence-corrected chi connectivity index (χ4v) is 5.28. The Labute approximate surface area is 215 Å². The number of benzene rings is 4. The first-order valence-electron chi connectivity index (χ1n) is 11.8. The van der Waals surface area contributed by atoms with Gasteiger partial charge in [-0.1, -0.05) is 72.4 Å². The highest BCUT2D eigenvalue weighted by Crippen LogP contribution is 2.34. The van der Waals surface area contributed by atoms with Crippen LogP contribution in [0.1, 0.15) is 21.5 Å². The Bertz CT molecular complexity index is 1370. The molecule has 1 atom stereocenters. The number of rotatable bonds is 7. The van der Waals surface area contributed by atoms with Crippen molar-refractivity contribution in [2.45, 2.75) is 28.8 Å². The molecule has 0 saturated heterocycles. The Morgan fingerprint density at radius 2 is 1.53 bits per heavy atom. The van der Waals surface area contributed by atoms with Crippen LogP contribution in [0.15, 0.2) is 113 Å². The summed E-state index contributed by atoms with van der Waals surface area (Å²) in [5.41, 5.74) is 3.04. The van der Waals surface area contributed by atoms with Crippen molar-refractivity contribution in [3.05, 3.63) is 120 Å². The van der Waals surface area contributed by atoms with Gasteiger partial charge in [0.1, 0.15) is 11.8 Å². The SMILES string of the molecule is COc1ccc(Sc2ccccc2CN2C(=O)c3ccccc3NC(=O)[C@@H]2Cc2ccccc2)cc1. The highest BCUT2D eigenvalue weighted by Gasteiger charge is 2.35. The maximum atomic E-state index is 13.8. The van der Waals surface area contributed by atoms with Crippen LogP contribution in [0.5, 0.6) is 5.75 Å². The Morgan fingerprint density at radius 3 is 2.31 bits per heavy atom. The van der Waals surface area contributed by atoms with Gasteiger partial charge in [0.2, 0.25) is 5.91 Å². The lowest BCUT2D eigenvalue weighted by Gasteiger charge is -2.29. The summed E-state index contributed by atoms with van der Waals surface area (Å²) < 4.78 is 5.28. The molecule has 180 valence electrons. The quantitative estimate of drug-likeness (QED) is 0.340. The van der Waals surface area contributed by atoms with Crippen molar-refractivity contribution in [1.82, 2.24) is 4.90 Å². The van der Waals surface area contributed by atoms with Crippen molar-refractivity contribution >= 4 is 29.3 Å². The monoisotopic (exact) mass is 494 g/mol. The molecule has 1 N–H and O–H groups in total. The molecule has 1 heterocycles. The van der Waals surface area contributed by atoms with E-state index in [1.165, 1.54) is 0 Å². The maximum Gasteiger partial charge on any atom is 0.256 e. The molecule has 4 aromatic rings. The Balaban J connectivity index is 1.50. The highest BCUT2D eigenvalue weighted by atomic mass is 32.2. The third-order valence-corrected chi connectivity index (χ3v) is 7.35. The normalized spacial score (nSPS) is 15.1. The molecular formula is C30H26N2O3S. The number of methoxy groups -OCH3 is 1. The summed E-state index contributed by atoms with van der Waals surface area (Å²) in [5.74, 6) is 0.461. The predicted octanol–water partition coefficient (Wildman–Crippen LogP) is 6.05. The summed E-state index contributed by atoms with van der Waals surface area (Å²) in [5, 5.41) is 2.99. The molecule has 0 aliphatic carbocycles. The van der Waals surface area contributed by atoms with Crippen LogP contribution in [0, 0.1) is 0 Å². The Kier molecular flexibility index (Phi) is 7.05. The van der Waals surface area contributed by atoms with Gasteiger partial charge in [-0.25, -0.2) is 0 Å². The van der Waals surface area contributed by atoms with Crippen LogP contribution >= 0.6 is 11.8 Å². The van der Waals surface area contributed by atoms with Gasteiger partial charge in [0.05, 0.1) is 18.4 Å². The van der Waals surface area contributed by atoms with E-state index in [9.17, 15) is 9.59 Å². The lowest BCUT2D eigenvalue weighted by Crippen LogP contribution is -2.46. The van der Waals surface area contributed by atoms with Gasteiger partial charge >= 0.3 is 0 Å². The van der Waals surface area contributed by atoms with E-state index >= 15 is 0 Å². The third kappa shape index (κ3) is 5.14. The van der Waals surface area contributed by atoms with Gasteiger partial charge in [-0.2, -0.15) is 0 Å². The molecule has 0 fully saturated rings.